The summed E-state index contributed by atoms with van der Waals surface area (Å²) in [6.07, 6.45) is 4.14. The number of carbonyl (C=O) groups is 2. The van der Waals surface area contributed by atoms with E-state index in [-0.39, 0.29) is 6.42 Å². The number of H-pyrrole nitrogens is 1. The summed E-state index contributed by atoms with van der Waals surface area (Å²) in [5.74, 6) is -0.656. The monoisotopic (exact) mass is 530 g/mol. The highest BCUT2D eigenvalue weighted by Gasteiger charge is 2.24. The number of hydrogen-bond donors (Lipinski definition) is 4. The molecule has 0 fully saturated rings. The van der Waals surface area contributed by atoms with Gasteiger partial charge in [-0.2, -0.15) is 0 Å². The number of carboxylic acid groups (broad SMARTS) is 1. The summed E-state index contributed by atoms with van der Waals surface area (Å²) in [6.45, 7) is 4.01. The molecule has 0 saturated carbocycles. The molecule has 1 atom stereocenters. The van der Waals surface area contributed by atoms with Crippen molar-refractivity contribution in [3.05, 3.63) is 101 Å². The Hall–Kier alpha value is -4.66. The Kier molecular flexibility index (Phi) is 8.60. The molecule has 0 bridgehead atoms. The Labute approximate surface area is 226 Å². The Balaban J connectivity index is 1.40. The van der Waals surface area contributed by atoms with Crippen LogP contribution < -0.4 is 15.4 Å². The fraction of sp³-hybridized carbons (Fsp3) is 0.233. The van der Waals surface area contributed by atoms with Crippen LogP contribution >= 0.6 is 0 Å². The Bertz CT molecular complexity index is 1470. The average molecular weight is 531 g/mol. The maximum Gasteiger partial charge on any atom is 0.326 e. The first-order valence-electron chi connectivity index (χ1n) is 12.6. The molecular weight excluding hydrogens is 499 g/mol. The van der Waals surface area contributed by atoms with Crippen molar-refractivity contribution >= 4 is 17.7 Å². The van der Waals surface area contributed by atoms with Gasteiger partial charge in [0.2, 0.25) is 0 Å². The number of pyridine rings is 1. The number of aliphatic carboxylic acids is 1. The maximum atomic E-state index is 13.8. The molecule has 0 aliphatic rings. The van der Waals surface area contributed by atoms with Crippen LogP contribution in [0.5, 0.6) is 5.75 Å². The summed E-state index contributed by atoms with van der Waals surface area (Å²) in [5.41, 5.74) is 5.01. The quantitative estimate of drug-likeness (QED) is 0.214. The molecule has 2 aromatic heterocycles. The van der Waals surface area contributed by atoms with E-state index in [0.29, 0.717) is 35.5 Å². The van der Waals surface area contributed by atoms with E-state index in [9.17, 15) is 19.1 Å². The van der Waals surface area contributed by atoms with Crippen LogP contribution in [0.4, 0.5) is 10.2 Å². The number of carbonyl (C=O) groups excluding carboxylic acids is 1. The third-order valence-corrected chi connectivity index (χ3v) is 6.49. The van der Waals surface area contributed by atoms with Gasteiger partial charge >= 0.3 is 5.97 Å². The van der Waals surface area contributed by atoms with Crippen LogP contribution in [-0.4, -0.2) is 40.1 Å². The standard InChI is InChI=1S/C30H31FN4O4/c1-4-20-13-23(31)11-18(2)28(20)29(36)35-26(30(37)38)12-19-5-7-21(8-6-19)22-14-24(33-16-22)17-34-27-15-25(39-3)9-10-32-27/h5-11,13-16,26,33H,4,12,17H2,1-3H3,(H,32,34)(H,35,36)(H,37,38). The number of anilines is 1. The van der Waals surface area contributed by atoms with Gasteiger partial charge in [-0.15, -0.1) is 0 Å². The van der Waals surface area contributed by atoms with Gasteiger partial charge in [-0.3, -0.25) is 4.79 Å². The molecule has 4 N–H and O–H groups in total. The van der Waals surface area contributed by atoms with Crippen molar-refractivity contribution in [2.45, 2.75) is 39.3 Å². The average Bonchev–Trinajstić information content (AvgIpc) is 3.40. The second kappa shape index (κ2) is 12.3. The number of aromatic amines is 1. The van der Waals surface area contributed by atoms with Crippen LogP contribution in [0.1, 0.15) is 39.7 Å². The molecular formula is C30H31FN4O4. The summed E-state index contributed by atoms with van der Waals surface area (Å²) in [4.78, 5) is 32.4. The number of rotatable bonds is 11. The molecule has 0 spiro atoms. The minimum atomic E-state index is -1.14. The second-order valence-corrected chi connectivity index (χ2v) is 9.22. The van der Waals surface area contributed by atoms with Gasteiger partial charge in [-0.1, -0.05) is 31.2 Å². The number of ether oxygens (including phenoxy) is 1. The van der Waals surface area contributed by atoms with Gasteiger partial charge in [0.15, 0.2) is 0 Å². The first-order valence-corrected chi connectivity index (χ1v) is 12.6. The molecule has 0 radical (unpaired) electrons. The SMILES string of the molecule is CCc1cc(F)cc(C)c1C(=O)NC(Cc1ccc(-c2c[nH]c(CNc3cc(OC)ccn3)c2)cc1)C(=O)O. The zero-order valence-corrected chi connectivity index (χ0v) is 22.0. The van der Waals surface area contributed by atoms with Crippen LogP contribution in [-0.2, 0) is 24.2 Å². The summed E-state index contributed by atoms with van der Waals surface area (Å²) < 4.78 is 19.0. The van der Waals surface area contributed by atoms with Crippen LogP contribution in [0.25, 0.3) is 11.1 Å². The van der Waals surface area contributed by atoms with Gasteiger partial charge in [0.05, 0.1) is 13.7 Å². The van der Waals surface area contributed by atoms with E-state index in [2.05, 4.69) is 20.6 Å². The number of benzene rings is 2. The summed E-state index contributed by atoms with van der Waals surface area (Å²) in [6, 6.07) is 14.6. The molecule has 8 nitrogen and oxygen atoms in total. The third-order valence-electron chi connectivity index (χ3n) is 6.49. The highest BCUT2D eigenvalue weighted by Crippen LogP contribution is 2.23. The summed E-state index contributed by atoms with van der Waals surface area (Å²) in [5, 5.41) is 15.6. The number of hydrogen-bond acceptors (Lipinski definition) is 5. The lowest BCUT2D eigenvalue weighted by Crippen LogP contribution is -2.42. The van der Waals surface area contributed by atoms with Crippen molar-refractivity contribution in [3.63, 3.8) is 0 Å². The van der Waals surface area contributed by atoms with Crippen molar-refractivity contribution in [3.8, 4) is 16.9 Å². The van der Waals surface area contributed by atoms with Crippen LogP contribution in [0.2, 0.25) is 0 Å². The molecule has 0 aliphatic carbocycles. The number of methoxy groups -OCH3 is 1. The molecule has 1 amide bonds. The Morgan fingerprint density at radius 1 is 1.10 bits per heavy atom. The van der Waals surface area contributed by atoms with E-state index < -0.39 is 23.7 Å². The van der Waals surface area contributed by atoms with Gasteiger partial charge in [0.1, 0.15) is 23.4 Å². The maximum absolute atomic E-state index is 13.8. The number of nitrogens with zero attached hydrogens (tertiary/aromatic N) is 1. The summed E-state index contributed by atoms with van der Waals surface area (Å²) in [7, 11) is 1.61. The largest absolute Gasteiger partial charge is 0.497 e. The fourth-order valence-electron chi connectivity index (χ4n) is 4.45. The Morgan fingerprint density at radius 2 is 1.87 bits per heavy atom. The first kappa shape index (κ1) is 27.4. The zero-order chi connectivity index (χ0) is 27.9. The lowest BCUT2D eigenvalue weighted by Gasteiger charge is -2.17. The van der Waals surface area contributed by atoms with Crippen LogP contribution in [0.3, 0.4) is 0 Å². The number of halogens is 1. The van der Waals surface area contributed by atoms with E-state index in [0.717, 1.165) is 28.1 Å². The lowest BCUT2D eigenvalue weighted by molar-refractivity contribution is -0.139. The van der Waals surface area contributed by atoms with Crippen LogP contribution in [0.15, 0.2) is 67.0 Å². The van der Waals surface area contributed by atoms with Crippen molar-refractivity contribution in [1.29, 1.82) is 0 Å². The van der Waals surface area contributed by atoms with Gasteiger partial charge in [-0.25, -0.2) is 14.2 Å². The number of nitrogens with one attached hydrogen (secondary N) is 3. The molecule has 4 rings (SSSR count). The predicted octanol–water partition coefficient (Wildman–Crippen LogP) is 5.13. The summed E-state index contributed by atoms with van der Waals surface area (Å²) >= 11 is 0. The molecule has 202 valence electrons. The van der Waals surface area contributed by atoms with E-state index in [1.165, 1.54) is 12.1 Å². The van der Waals surface area contributed by atoms with Crippen molar-refractivity contribution in [2.75, 3.05) is 12.4 Å². The predicted molar refractivity (Wildman–Crippen MR) is 147 cm³/mol. The lowest BCUT2D eigenvalue weighted by atomic mass is 9.97. The van der Waals surface area contributed by atoms with Gasteiger partial charge in [0, 0.05) is 36.1 Å². The molecule has 9 heteroatoms. The minimum Gasteiger partial charge on any atom is -0.497 e. The highest BCUT2D eigenvalue weighted by atomic mass is 19.1. The van der Waals surface area contributed by atoms with Crippen molar-refractivity contribution in [1.82, 2.24) is 15.3 Å². The Morgan fingerprint density at radius 3 is 2.56 bits per heavy atom. The molecule has 39 heavy (non-hydrogen) atoms. The number of amides is 1. The number of aromatic nitrogens is 2. The highest BCUT2D eigenvalue weighted by molar-refractivity contribution is 5.99. The zero-order valence-electron chi connectivity index (χ0n) is 22.0. The van der Waals surface area contributed by atoms with Crippen molar-refractivity contribution < 1.29 is 23.8 Å². The van der Waals surface area contributed by atoms with E-state index >= 15 is 0 Å². The molecule has 2 heterocycles. The van der Waals surface area contributed by atoms with E-state index in [1.54, 1.807) is 26.3 Å². The fourth-order valence-corrected chi connectivity index (χ4v) is 4.45. The topological polar surface area (TPSA) is 116 Å². The number of aryl methyl sites for hydroxylation is 2. The second-order valence-electron chi connectivity index (χ2n) is 9.22. The third kappa shape index (κ3) is 6.81. The molecule has 2 aromatic carbocycles. The van der Waals surface area contributed by atoms with Gasteiger partial charge in [-0.05, 0) is 65.4 Å². The normalized spacial score (nSPS) is 11.6. The molecule has 1 unspecified atom stereocenters. The van der Waals surface area contributed by atoms with Gasteiger partial charge < -0.3 is 25.5 Å². The van der Waals surface area contributed by atoms with Crippen molar-refractivity contribution in [2.24, 2.45) is 0 Å². The molecule has 4 aromatic rings. The van der Waals surface area contributed by atoms with E-state index in [4.69, 9.17) is 4.74 Å². The van der Waals surface area contributed by atoms with E-state index in [1.807, 2.05) is 49.5 Å². The first-order chi connectivity index (χ1) is 18.8. The van der Waals surface area contributed by atoms with Crippen LogP contribution in [0, 0.1) is 12.7 Å². The number of carboxylic acids is 1. The molecule has 0 saturated heterocycles. The molecule has 0 aliphatic heterocycles. The minimum absolute atomic E-state index is 0.110. The van der Waals surface area contributed by atoms with Gasteiger partial charge in [0.25, 0.3) is 5.91 Å². The smallest absolute Gasteiger partial charge is 0.326 e.